The van der Waals surface area contributed by atoms with Crippen molar-refractivity contribution in [2.75, 3.05) is 38.9 Å². The first kappa shape index (κ1) is 26.3. The summed E-state index contributed by atoms with van der Waals surface area (Å²) in [4.78, 5) is 43.5. The molecule has 29 heavy (non-hydrogen) atoms. The van der Waals surface area contributed by atoms with Crippen LogP contribution in [0.15, 0.2) is 0 Å². The number of carbonyl (C=O) groups is 2. The summed E-state index contributed by atoms with van der Waals surface area (Å²) in [5.74, 6) is 0.152. The molecule has 8 heteroatoms. The highest BCUT2D eigenvalue weighted by atomic mass is 31.2. The Hall–Kier alpha value is -0.750. The highest BCUT2D eigenvalue weighted by Gasteiger charge is 2.09. The standard InChI is InChI=1S/C21H42N3O4P/c25-20(13-7-4-9-16-24-17-10-5-11-18-24)22-14-8-3-1-2-6-12-21(26)23-15-19-29(27)28/h27-28H,1-19H2,(H,22,25)(H,23,26). The van der Waals surface area contributed by atoms with Crippen LogP contribution in [0.5, 0.6) is 0 Å². The summed E-state index contributed by atoms with van der Waals surface area (Å²) < 4.78 is 0. The van der Waals surface area contributed by atoms with Crippen LogP contribution in [0.4, 0.5) is 0 Å². The van der Waals surface area contributed by atoms with Gasteiger partial charge >= 0.3 is 0 Å². The minimum absolute atomic E-state index is 0.0231. The van der Waals surface area contributed by atoms with E-state index in [0.717, 1.165) is 51.5 Å². The van der Waals surface area contributed by atoms with Crippen molar-refractivity contribution < 1.29 is 19.4 Å². The van der Waals surface area contributed by atoms with Gasteiger partial charge in [-0.25, -0.2) is 0 Å². The van der Waals surface area contributed by atoms with Crippen LogP contribution in [-0.4, -0.2) is 65.4 Å². The average Bonchev–Trinajstić information content (AvgIpc) is 2.70. The molecule has 1 saturated heterocycles. The van der Waals surface area contributed by atoms with E-state index in [0.29, 0.717) is 19.4 Å². The molecule has 0 atom stereocenters. The lowest BCUT2D eigenvalue weighted by atomic mass is 10.1. The maximum atomic E-state index is 11.9. The van der Waals surface area contributed by atoms with Gasteiger partial charge in [-0.1, -0.05) is 32.1 Å². The second-order valence-corrected chi connectivity index (χ2v) is 9.22. The minimum Gasteiger partial charge on any atom is -0.356 e. The number of nitrogens with one attached hydrogen (secondary N) is 2. The molecule has 1 fully saturated rings. The Bertz CT molecular complexity index is 432. The summed E-state index contributed by atoms with van der Waals surface area (Å²) in [5.41, 5.74) is 0. The smallest absolute Gasteiger partial charge is 0.220 e. The van der Waals surface area contributed by atoms with Crippen molar-refractivity contribution in [2.24, 2.45) is 0 Å². The zero-order chi connectivity index (χ0) is 21.2. The van der Waals surface area contributed by atoms with Crippen LogP contribution < -0.4 is 10.6 Å². The number of nitrogens with zero attached hydrogens (tertiary/aromatic N) is 1. The molecule has 0 bridgehead atoms. The molecular formula is C21H42N3O4P. The molecule has 0 unspecified atom stereocenters. The highest BCUT2D eigenvalue weighted by Crippen LogP contribution is 2.20. The molecule has 0 aromatic heterocycles. The van der Waals surface area contributed by atoms with Crippen LogP contribution in [-0.2, 0) is 9.59 Å². The fraction of sp³-hybridized carbons (Fsp3) is 0.905. The van der Waals surface area contributed by atoms with Crippen LogP contribution in [0.3, 0.4) is 0 Å². The van der Waals surface area contributed by atoms with E-state index in [-0.39, 0.29) is 18.0 Å². The molecule has 0 aromatic carbocycles. The molecule has 0 aliphatic carbocycles. The van der Waals surface area contributed by atoms with Gasteiger partial charge in [0.2, 0.25) is 11.8 Å². The first-order valence-corrected chi connectivity index (χ1v) is 12.9. The van der Waals surface area contributed by atoms with Crippen molar-refractivity contribution in [3.05, 3.63) is 0 Å². The van der Waals surface area contributed by atoms with Crippen molar-refractivity contribution >= 4 is 20.2 Å². The number of hydrogen-bond donors (Lipinski definition) is 4. The second-order valence-electron chi connectivity index (χ2n) is 8.03. The number of rotatable bonds is 17. The van der Waals surface area contributed by atoms with E-state index in [2.05, 4.69) is 15.5 Å². The lowest BCUT2D eigenvalue weighted by Gasteiger charge is -2.26. The van der Waals surface area contributed by atoms with Crippen LogP contribution in [0.2, 0.25) is 0 Å². The van der Waals surface area contributed by atoms with Gasteiger partial charge in [-0.3, -0.25) is 9.59 Å². The van der Waals surface area contributed by atoms with Crippen molar-refractivity contribution in [1.82, 2.24) is 15.5 Å². The van der Waals surface area contributed by atoms with Gasteiger partial charge in [0.05, 0.1) is 0 Å². The minimum atomic E-state index is -1.92. The van der Waals surface area contributed by atoms with Crippen molar-refractivity contribution in [1.29, 1.82) is 0 Å². The van der Waals surface area contributed by atoms with E-state index in [9.17, 15) is 9.59 Å². The molecular weight excluding hydrogens is 389 g/mol. The van der Waals surface area contributed by atoms with E-state index < -0.39 is 8.38 Å². The van der Waals surface area contributed by atoms with E-state index in [1.54, 1.807) is 0 Å². The summed E-state index contributed by atoms with van der Waals surface area (Å²) in [6.07, 6.45) is 13.7. The number of likely N-dealkylation sites (tertiary alicyclic amines) is 1. The van der Waals surface area contributed by atoms with Gasteiger partial charge in [-0.2, -0.15) is 0 Å². The van der Waals surface area contributed by atoms with Crippen molar-refractivity contribution in [2.45, 2.75) is 83.5 Å². The lowest BCUT2D eigenvalue weighted by Crippen LogP contribution is -2.30. The molecule has 7 nitrogen and oxygen atoms in total. The molecule has 170 valence electrons. The molecule has 0 spiro atoms. The summed E-state index contributed by atoms with van der Waals surface area (Å²) in [5, 5.41) is 5.70. The SMILES string of the molecule is O=C(CCCCCN1CCCCC1)NCCCCCCCC(=O)NCCP(O)O. The van der Waals surface area contributed by atoms with Crippen molar-refractivity contribution in [3.63, 3.8) is 0 Å². The fourth-order valence-corrected chi connectivity index (χ4v) is 3.93. The first-order chi connectivity index (χ1) is 14.1. The molecule has 1 rings (SSSR count). The molecule has 0 radical (unpaired) electrons. The van der Waals surface area contributed by atoms with Crippen molar-refractivity contribution in [3.8, 4) is 0 Å². The molecule has 1 heterocycles. The quantitative estimate of drug-likeness (QED) is 0.210. The topological polar surface area (TPSA) is 102 Å². The average molecular weight is 432 g/mol. The van der Waals surface area contributed by atoms with E-state index in [1.807, 2.05) is 0 Å². The van der Waals surface area contributed by atoms with Gasteiger partial charge in [0.25, 0.3) is 0 Å². The van der Waals surface area contributed by atoms with Crippen LogP contribution in [0, 0.1) is 0 Å². The highest BCUT2D eigenvalue weighted by molar-refractivity contribution is 7.45. The second kappa shape index (κ2) is 18.1. The summed E-state index contributed by atoms with van der Waals surface area (Å²) >= 11 is 0. The molecule has 1 aliphatic heterocycles. The van der Waals surface area contributed by atoms with Gasteiger partial charge in [-0.05, 0) is 58.2 Å². The number of hydrogen-bond acceptors (Lipinski definition) is 5. The van der Waals surface area contributed by atoms with E-state index in [1.165, 1.54) is 45.3 Å². The number of unbranched alkanes of at least 4 members (excludes halogenated alkanes) is 6. The monoisotopic (exact) mass is 431 g/mol. The molecule has 0 aromatic rings. The van der Waals surface area contributed by atoms with Crippen LogP contribution in [0.25, 0.3) is 0 Å². The van der Waals surface area contributed by atoms with Gasteiger partial charge in [0.15, 0.2) is 8.38 Å². The van der Waals surface area contributed by atoms with Gasteiger partial charge in [0.1, 0.15) is 0 Å². The third-order valence-corrected chi connectivity index (χ3v) is 5.99. The van der Waals surface area contributed by atoms with E-state index >= 15 is 0 Å². The first-order valence-electron chi connectivity index (χ1n) is 11.5. The fourth-order valence-electron chi connectivity index (χ4n) is 3.62. The van der Waals surface area contributed by atoms with E-state index in [4.69, 9.17) is 9.79 Å². The normalized spacial score (nSPS) is 14.9. The van der Waals surface area contributed by atoms with Gasteiger partial charge in [-0.15, -0.1) is 0 Å². The summed E-state index contributed by atoms with van der Waals surface area (Å²) in [6, 6.07) is 0. The lowest BCUT2D eigenvalue weighted by molar-refractivity contribution is -0.122. The Kier molecular flexibility index (Phi) is 16.4. The third-order valence-electron chi connectivity index (χ3n) is 5.36. The summed E-state index contributed by atoms with van der Waals surface area (Å²) in [6.45, 7) is 4.78. The Morgan fingerprint density at radius 3 is 1.93 bits per heavy atom. The Labute approximate surface area is 177 Å². The Morgan fingerprint density at radius 2 is 1.28 bits per heavy atom. The summed E-state index contributed by atoms with van der Waals surface area (Å²) in [7, 11) is -1.92. The van der Waals surface area contributed by atoms with Crippen LogP contribution in [0.1, 0.15) is 83.5 Å². The van der Waals surface area contributed by atoms with Gasteiger partial charge in [0, 0.05) is 32.1 Å². The predicted molar refractivity (Wildman–Crippen MR) is 119 cm³/mol. The maximum absolute atomic E-state index is 11.9. The zero-order valence-electron chi connectivity index (χ0n) is 18.0. The zero-order valence-corrected chi connectivity index (χ0v) is 18.9. The molecule has 2 amide bonds. The molecule has 0 saturated carbocycles. The van der Waals surface area contributed by atoms with Gasteiger partial charge < -0.3 is 25.3 Å². The number of piperidine rings is 1. The Balaban J connectivity index is 1.80. The maximum Gasteiger partial charge on any atom is 0.220 e. The number of amides is 2. The Morgan fingerprint density at radius 1 is 0.724 bits per heavy atom. The molecule has 1 aliphatic rings. The predicted octanol–water partition coefficient (Wildman–Crippen LogP) is 2.90. The third kappa shape index (κ3) is 16.7. The molecule has 4 N–H and O–H groups in total. The number of carbonyl (C=O) groups excluding carboxylic acids is 2. The largest absolute Gasteiger partial charge is 0.356 e. The van der Waals surface area contributed by atoms with Crippen LogP contribution >= 0.6 is 8.38 Å².